The van der Waals surface area contributed by atoms with E-state index in [1.807, 2.05) is 0 Å². The van der Waals surface area contributed by atoms with Gasteiger partial charge in [-0.2, -0.15) is 0 Å². The van der Waals surface area contributed by atoms with Crippen molar-refractivity contribution in [1.82, 2.24) is 5.32 Å². The van der Waals surface area contributed by atoms with Crippen LogP contribution in [0.15, 0.2) is 18.2 Å². The molecule has 0 saturated heterocycles. The molecule has 0 unspecified atom stereocenters. The Kier molecular flexibility index (Phi) is 4.85. The zero-order valence-electron chi connectivity index (χ0n) is 11.6. The molecule has 1 aromatic carbocycles. The van der Waals surface area contributed by atoms with Gasteiger partial charge in [0.25, 0.3) is 5.91 Å². The molecule has 1 aromatic rings. The van der Waals surface area contributed by atoms with Crippen LogP contribution in [-0.2, 0) is 9.59 Å². The molecule has 1 saturated carbocycles. The van der Waals surface area contributed by atoms with E-state index in [0.29, 0.717) is 25.3 Å². The number of benzene rings is 1. The number of halogens is 2. The van der Waals surface area contributed by atoms with Gasteiger partial charge < -0.3 is 10.4 Å². The molecule has 2 atom stereocenters. The molecule has 1 amide bonds. The molecule has 2 rings (SSSR count). The largest absolute Gasteiger partial charge is 0.480 e. The highest BCUT2D eigenvalue weighted by atomic mass is 19.1. The molecule has 0 radical (unpaired) electrons. The fraction of sp³-hybridized carbons (Fsp3) is 0.400. The molecular weight excluding hydrogens is 296 g/mol. The molecule has 0 aromatic heterocycles. The zero-order valence-corrected chi connectivity index (χ0v) is 11.6. The SMILES string of the molecule is O=C1CCC[C@@H]([C@@H](NC(=O)c2cc(F)cc(F)c2)C(=O)O)C1. The van der Waals surface area contributed by atoms with Gasteiger partial charge in [0.2, 0.25) is 0 Å². The predicted octanol–water partition coefficient (Wildman–Crippen LogP) is 1.91. The van der Waals surface area contributed by atoms with Gasteiger partial charge >= 0.3 is 5.97 Å². The average Bonchev–Trinajstić information content (AvgIpc) is 2.43. The Morgan fingerprint density at radius 2 is 1.86 bits per heavy atom. The lowest BCUT2D eigenvalue weighted by Crippen LogP contribution is -2.47. The van der Waals surface area contributed by atoms with Crippen molar-refractivity contribution in [2.45, 2.75) is 31.7 Å². The Bertz CT molecular complexity index is 597. The van der Waals surface area contributed by atoms with Crippen LogP contribution in [0.5, 0.6) is 0 Å². The molecule has 118 valence electrons. The van der Waals surface area contributed by atoms with Crippen LogP contribution in [0.4, 0.5) is 8.78 Å². The Hall–Kier alpha value is -2.31. The fourth-order valence-corrected chi connectivity index (χ4v) is 2.63. The number of carbonyl (C=O) groups is 3. The quantitative estimate of drug-likeness (QED) is 0.889. The number of Topliss-reactive ketones (excluding diaryl/α,β-unsaturated/α-hetero) is 1. The molecular formula is C15H15F2NO4. The van der Waals surface area contributed by atoms with E-state index in [2.05, 4.69) is 5.32 Å². The Morgan fingerprint density at radius 3 is 2.41 bits per heavy atom. The van der Waals surface area contributed by atoms with Crippen molar-refractivity contribution < 1.29 is 28.3 Å². The summed E-state index contributed by atoms with van der Waals surface area (Å²) in [6.07, 6.45) is 1.55. The van der Waals surface area contributed by atoms with E-state index in [1.165, 1.54) is 0 Å². The topological polar surface area (TPSA) is 83.5 Å². The third kappa shape index (κ3) is 3.87. The second kappa shape index (κ2) is 6.64. The number of hydrogen-bond acceptors (Lipinski definition) is 3. The molecule has 0 bridgehead atoms. The van der Waals surface area contributed by atoms with Crippen LogP contribution in [0.1, 0.15) is 36.0 Å². The second-order valence-electron chi connectivity index (χ2n) is 5.34. The van der Waals surface area contributed by atoms with E-state index in [1.54, 1.807) is 0 Å². The fourth-order valence-electron chi connectivity index (χ4n) is 2.63. The van der Waals surface area contributed by atoms with Gasteiger partial charge in [0.15, 0.2) is 0 Å². The number of aliphatic carboxylic acids is 1. The maximum atomic E-state index is 13.1. The summed E-state index contributed by atoms with van der Waals surface area (Å²) in [6, 6.07) is 1.00. The van der Waals surface area contributed by atoms with E-state index in [4.69, 9.17) is 0 Å². The van der Waals surface area contributed by atoms with E-state index in [-0.39, 0.29) is 17.8 Å². The van der Waals surface area contributed by atoms with Crippen molar-refractivity contribution in [1.29, 1.82) is 0 Å². The summed E-state index contributed by atoms with van der Waals surface area (Å²) < 4.78 is 26.2. The molecule has 0 heterocycles. The van der Waals surface area contributed by atoms with Gasteiger partial charge in [0, 0.05) is 24.5 Å². The van der Waals surface area contributed by atoms with Crippen LogP contribution in [0.2, 0.25) is 0 Å². The molecule has 5 nitrogen and oxygen atoms in total. The van der Waals surface area contributed by atoms with E-state index < -0.39 is 35.5 Å². The van der Waals surface area contributed by atoms with E-state index in [9.17, 15) is 28.3 Å². The molecule has 0 aliphatic heterocycles. The number of hydrogen-bond donors (Lipinski definition) is 2. The molecule has 2 N–H and O–H groups in total. The zero-order chi connectivity index (χ0) is 16.3. The van der Waals surface area contributed by atoms with Crippen LogP contribution >= 0.6 is 0 Å². The lowest BCUT2D eigenvalue weighted by Gasteiger charge is -2.27. The minimum absolute atomic E-state index is 0.0476. The van der Waals surface area contributed by atoms with Gasteiger partial charge in [0.1, 0.15) is 23.5 Å². The number of ketones is 1. The molecule has 0 spiro atoms. The minimum atomic E-state index is -1.27. The van der Waals surface area contributed by atoms with Crippen LogP contribution < -0.4 is 5.32 Å². The summed E-state index contributed by atoms with van der Waals surface area (Å²) in [5.74, 6) is -4.57. The van der Waals surface area contributed by atoms with Gasteiger partial charge in [-0.1, -0.05) is 0 Å². The third-order valence-electron chi connectivity index (χ3n) is 3.67. The van der Waals surface area contributed by atoms with E-state index >= 15 is 0 Å². The van der Waals surface area contributed by atoms with E-state index in [0.717, 1.165) is 12.1 Å². The van der Waals surface area contributed by atoms with Gasteiger partial charge in [-0.05, 0) is 30.9 Å². The summed E-state index contributed by atoms with van der Waals surface area (Å²) in [4.78, 5) is 34.8. The first-order chi connectivity index (χ1) is 10.4. The van der Waals surface area contributed by atoms with Crippen molar-refractivity contribution in [3.8, 4) is 0 Å². The van der Waals surface area contributed by atoms with Crippen molar-refractivity contribution >= 4 is 17.7 Å². The van der Waals surface area contributed by atoms with Gasteiger partial charge in [0.05, 0.1) is 0 Å². The van der Waals surface area contributed by atoms with Crippen LogP contribution in [0.25, 0.3) is 0 Å². The average molecular weight is 311 g/mol. The third-order valence-corrected chi connectivity index (χ3v) is 3.67. The summed E-state index contributed by atoms with van der Waals surface area (Å²) in [6.45, 7) is 0. The van der Waals surface area contributed by atoms with Crippen molar-refractivity contribution in [2.75, 3.05) is 0 Å². The standard InChI is InChI=1S/C15H15F2NO4/c16-10-4-9(5-11(17)7-10)14(20)18-13(15(21)22)8-2-1-3-12(19)6-8/h4-5,7-8,13H,1-3,6H2,(H,18,20)(H,21,22)/t8-,13-/m1/s1. The first-order valence-electron chi connectivity index (χ1n) is 6.88. The summed E-state index contributed by atoms with van der Waals surface area (Å²) >= 11 is 0. The molecule has 22 heavy (non-hydrogen) atoms. The Labute approximate surface area is 125 Å². The van der Waals surface area contributed by atoms with Crippen LogP contribution in [0, 0.1) is 17.6 Å². The van der Waals surface area contributed by atoms with Crippen LogP contribution in [-0.4, -0.2) is 28.8 Å². The van der Waals surface area contributed by atoms with Gasteiger partial charge in [-0.25, -0.2) is 13.6 Å². The number of amides is 1. The number of carboxylic acid groups (broad SMARTS) is 1. The number of rotatable bonds is 4. The highest BCUT2D eigenvalue weighted by molar-refractivity contribution is 5.96. The van der Waals surface area contributed by atoms with Crippen molar-refractivity contribution in [2.24, 2.45) is 5.92 Å². The second-order valence-corrected chi connectivity index (χ2v) is 5.34. The number of carbonyl (C=O) groups excluding carboxylic acids is 2. The lowest BCUT2D eigenvalue weighted by molar-refractivity contribution is -0.141. The molecule has 1 fully saturated rings. The molecule has 7 heteroatoms. The van der Waals surface area contributed by atoms with Crippen molar-refractivity contribution in [3.63, 3.8) is 0 Å². The summed E-state index contributed by atoms with van der Waals surface area (Å²) in [7, 11) is 0. The molecule has 1 aliphatic carbocycles. The first-order valence-corrected chi connectivity index (χ1v) is 6.88. The van der Waals surface area contributed by atoms with Crippen LogP contribution in [0.3, 0.4) is 0 Å². The number of carboxylic acids is 1. The van der Waals surface area contributed by atoms with Gasteiger partial charge in [-0.15, -0.1) is 0 Å². The number of nitrogens with one attached hydrogen (secondary N) is 1. The first kappa shape index (κ1) is 16.1. The summed E-state index contributed by atoms with van der Waals surface area (Å²) in [5, 5.41) is 11.5. The smallest absolute Gasteiger partial charge is 0.326 e. The van der Waals surface area contributed by atoms with Crippen molar-refractivity contribution in [3.05, 3.63) is 35.4 Å². The maximum Gasteiger partial charge on any atom is 0.326 e. The minimum Gasteiger partial charge on any atom is -0.480 e. The normalized spacial score (nSPS) is 19.5. The lowest BCUT2D eigenvalue weighted by atomic mass is 9.83. The Balaban J connectivity index is 2.15. The Morgan fingerprint density at radius 1 is 1.23 bits per heavy atom. The molecule has 1 aliphatic rings. The maximum absolute atomic E-state index is 13.1. The predicted molar refractivity (Wildman–Crippen MR) is 72.2 cm³/mol. The highest BCUT2D eigenvalue weighted by Crippen LogP contribution is 2.25. The van der Waals surface area contributed by atoms with Gasteiger partial charge in [-0.3, -0.25) is 9.59 Å². The monoisotopic (exact) mass is 311 g/mol. The highest BCUT2D eigenvalue weighted by Gasteiger charge is 2.33. The summed E-state index contributed by atoms with van der Waals surface area (Å²) in [5.41, 5.74) is -0.300.